The van der Waals surface area contributed by atoms with Crippen LogP contribution in [0.25, 0.3) is 0 Å². The molecule has 30 heavy (non-hydrogen) atoms. The number of nitrogens with one attached hydrogen (secondary N) is 1. The number of halogens is 1. The van der Waals surface area contributed by atoms with Gasteiger partial charge < -0.3 is 19.7 Å². The number of amides is 2. The Labute approximate surface area is 171 Å². The number of hydrogen-bond donors (Lipinski definition) is 1. The molecule has 0 aliphatic carbocycles. The van der Waals surface area contributed by atoms with Gasteiger partial charge in [0, 0.05) is 24.3 Å². The predicted molar refractivity (Wildman–Crippen MR) is 104 cm³/mol. The molecule has 1 aliphatic rings. The van der Waals surface area contributed by atoms with E-state index in [9.17, 15) is 23.6 Å². The van der Waals surface area contributed by atoms with Gasteiger partial charge in [0.15, 0.2) is 6.61 Å². The number of rotatable bonds is 6. The number of ether oxygens (including phenoxy) is 2. The maximum absolute atomic E-state index is 12.9. The third-order valence-electron chi connectivity index (χ3n) is 4.53. The number of carbonyl (C=O) groups is 4. The molecular formula is C21H19FN2O6. The summed E-state index contributed by atoms with van der Waals surface area (Å²) < 4.78 is 22.5. The number of nitrogens with zero attached hydrogens (tertiary/aromatic N) is 1. The van der Waals surface area contributed by atoms with Gasteiger partial charge in [0.05, 0.1) is 18.6 Å². The normalized spacial score (nSPS) is 15.6. The third-order valence-corrected chi connectivity index (χ3v) is 4.53. The summed E-state index contributed by atoms with van der Waals surface area (Å²) in [5.74, 6) is -3.14. The number of anilines is 2. The minimum absolute atomic E-state index is 0.0445. The number of methoxy groups -OCH3 is 1. The Morgan fingerprint density at radius 2 is 1.77 bits per heavy atom. The lowest BCUT2D eigenvalue weighted by atomic mass is 10.1. The van der Waals surface area contributed by atoms with Gasteiger partial charge in [0.1, 0.15) is 5.82 Å². The van der Waals surface area contributed by atoms with E-state index in [0.717, 1.165) is 0 Å². The standard InChI is InChI=1S/C21H19FN2O6/c1-29-20(27)13-2-8-17(9-3-13)24-11-14(10-19(24)26)21(28)30-12-18(25)23-16-6-4-15(22)5-7-16/h2-9,14H,10-12H2,1H3,(H,23,25)/t14-/m1/s1. The van der Waals surface area contributed by atoms with Crippen molar-refractivity contribution in [2.24, 2.45) is 5.92 Å². The van der Waals surface area contributed by atoms with Gasteiger partial charge in [-0.3, -0.25) is 14.4 Å². The van der Waals surface area contributed by atoms with Gasteiger partial charge in [-0.05, 0) is 48.5 Å². The number of hydrogen-bond acceptors (Lipinski definition) is 6. The summed E-state index contributed by atoms with van der Waals surface area (Å²) in [7, 11) is 1.27. The van der Waals surface area contributed by atoms with Crippen molar-refractivity contribution in [3.8, 4) is 0 Å². The van der Waals surface area contributed by atoms with Crippen LogP contribution in [0.15, 0.2) is 48.5 Å². The Morgan fingerprint density at radius 1 is 1.10 bits per heavy atom. The molecule has 9 heteroatoms. The molecule has 2 amide bonds. The van der Waals surface area contributed by atoms with Crippen molar-refractivity contribution in [2.45, 2.75) is 6.42 Å². The van der Waals surface area contributed by atoms with Crippen LogP contribution in [0.5, 0.6) is 0 Å². The Kier molecular flexibility index (Phi) is 6.41. The Bertz CT molecular complexity index is 958. The maximum Gasteiger partial charge on any atom is 0.337 e. The van der Waals surface area contributed by atoms with Crippen molar-refractivity contribution in [3.05, 3.63) is 59.9 Å². The fourth-order valence-electron chi connectivity index (χ4n) is 3.00. The molecule has 0 unspecified atom stereocenters. The molecule has 0 aromatic heterocycles. The molecule has 0 radical (unpaired) electrons. The molecule has 0 bridgehead atoms. The quantitative estimate of drug-likeness (QED) is 0.727. The summed E-state index contributed by atoms with van der Waals surface area (Å²) in [6, 6.07) is 11.4. The second-order valence-electron chi connectivity index (χ2n) is 6.61. The second-order valence-corrected chi connectivity index (χ2v) is 6.61. The summed E-state index contributed by atoms with van der Waals surface area (Å²) in [5.41, 5.74) is 1.25. The lowest BCUT2D eigenvalue weighted by Gasteiger charge is -2.16. The minimum Gasteiger partial charge on any atom is -0.465 e. The van der Waals surface area contributed by atoms with Crippen LogP contribution in [0.2, 0.25) is 0 Å². The first-order valence-electron chi connectivity index (χ1n) is 9.08. The molecule has 3 rings (SSSR count). The van der Waals surface area contributed by atoms with E-state index in [2.05, 4.69) is 10.1 Å². The van der Waals surface area contributed by atoms with E-state index in [0.29, 0.717) is 16.9 Å². The summed E-state index contributed by atoms with van der Waals surface area (Å²) in [4.78, 5) is 49.3. The van der Waals surface area contributed by atoms with E-state index < -0.39 is 36.2 Å². The van der Waals surface area contributed by atoms with Crippen LogP contribution in [0, 0.1) is 11.7 Å². The zero-order valence-electron chi connectivity index (χ0n) is 16.1. The highest BCUT2D eigenvalue weighted by atomic mass is 19.1. The average Bonchev–Trinajstić information content (AvgIpc) is 3.15. The summed E-state index contributed by atoms with van der Waals surface area (Å²) >= 11 is 0. The molecule has 2 aromatic rings. The topological polar surface area (TPSA) is 102 Å². The second kappa shape index (κ2) is 9.17. The van der Waals surface area contributed by atoms with Crippen molar-refractivity contribution in [2.75, 3.05) is 30.5 Å². The van der Waals surface area contributed by atoms with Crippen molar-refractivity contribution in [3.63, 3.8) is 0 Å². The zero-order valence-corrected chi connectivity index (χ0v) is 16.1. The molecule has 2 aromatic carbocycles. The molecule has 1 heterocycles. The van der Waals surface area contributed by atoms with Crippen molar-refractivity contribution < 1.29 is 33.0 Å². The Morgan fingerprint density at radius 3 is 2.40 bits per heavy atom. The zero-order chi connectivity index (χ0) is 21.7. The van der Waals surface area contributed by atoms with E-state index in [1.165, 1.54) is 48.4 Å². The Balaban J connectivity index is 1.52. The summed E-state index contributed by atoms with van der Waals surface area (Å²) in [6.07, 6.45) is -0.0445. The first-order valence-corrected chi connectivity index (χ1v) is 9.08. The molecule has 0 spiro atoms. The average molecular weight is 414 g/mol. The van der Waals surface area contributed by atoms with Gasteiger partial charge >= 0.3 is 11.9 Å². The van der Waals surface area contributed by atoms with Crippen LogP contribution >= 0.6 is 0 Å². The van der Waals surface area contributed by atoms with E-state index in [4.69, 9.17) is 4.74 Å². The SMILES string of the molecule is COC(=O)c1ccc(N2C[C@H](C(=O)OCC(=O)Nc3ccc(F)cc3)CC2=O)cc1. The van der Waals surface area contributed by atoms with Crippen LogP contribution in [-0.4, -0.2) is 44.0 Å². The van der Waals surface area contributed by atoms with E-state index in [-0.39, 0.29) is 18.9 Å². The molecule has 1 saturated heterocycles. The van der Waals surface area contributed by atoms with Crippen LogP contribution in [-0.2, 0) is 23.9 Å². The molecule has 156 valence electrons. The van der Waals surface area contributed by atoms with Crippen LogP contribution < -0.4 is 10.2 Å². The molecule has 1 atom stereocenters. The lowest BCUT2D eigenvalue weighted by molar-refractivity contribution is -0.151. The van der Waals surface area contributed by atoms with Crippen molar-refractivity contribution in [1.82, 2.24) is 0 Å². The van der Waals surface area contributed by atoms with E-state index in [1.807, 2.05) is 0 Å². The molecule has 1 fully saturated rings. The van der Waals surface area contributed by atoms with E-state index in [1.54, 1.807) is 12.1 Å². The number of benzene rings is 2. The first-order chi connectivity index (χ1) is 14.4. The van der Waals surface area contributed by atoms with Crippen LogP contribution in [0.3, 0.4) is 0 Å². The highest BCUT2D eigenvalue weighted by molar-refractivity contribution is 6.00. The van der Waals surface area contributed by atoms with Gasteiger partial charge in [-0.15, -0.1) is 0 Å². The van der Waals surface area contributed by atoms with Crippen molar-refractivity contribution >= 4 is 35.1 Å². The number of esters is 2. The molecule has 1 aliphatic heterocycles. The fourth-order valence-corrected chi connectivity index (χ4v) is 3.00. The van der Waals surface area contributed by atoms with Gasteiger partial charge in [0.2, 0.25) is 5.91 Å². The van der Waals surface area contributed by atoms with Gasteiger partial charge in [-0.2, -0.15) is 0 Å². The summed E-state index contributed by atoms with van der Waals surface area (Å²) in [5, 5.41) is 2.48. The molecule has 8 nitrogen and oxygen atoms in total. The highest BCUT2D eigenvalue weighted by Crippen LogP contribution is 2.26. The molecule has 0 saturated carbocycles. The predicted octanol–water partition coefficient (Wildman–Crippen LogP) is 2.15. The van der Waals surface area contributed by atoms with Gasteiger partial charge in [-0.1, -0.05) is 0 Å². The van der Waals surface area contributed by atoms with Crippen LogP contribution in [0.1, 0.15) is 16.8 Å². The molecular weight excluding hydrogens is 395 g/mol. The van der Waals surface area contributed by atoms with Gasteiger partial charge in [-0.25, -0.2) is 9.18 Å². The summed E-state index contributed by atoms with van der Waals surface area (Å²) in [6.45, 7) is -0.413. The van der Waals surface area contributed by atoms with Gasteiger partial charge in [0.25, 0.3) is 5.91 Å². The van der Waals surface area contributed by atoms with Crippen molar-refractivity contribution in [1.29, 1.82) is 0 Å². The smallest absolute Gasteiger partial charge is 0.337 e. The van der Waals surface area contributed by atoms with E-state index >= 15 is 0 Å². The minimum atomic E-state index is -0.712. The Hall–Kier alpha value is -3.75. The largest absolute Gasteiger partial charge is 0.465 e. The third kappa shape index (κ3) is 4.99. The lowest BCUT2D eigenvalue weighted by Crippen LogP contribution is -2.28. The molecule has 1 N–H and O–H groups in total. The first kappa shape index (κ1) is 21.0. The maximum atomic E-state index is 12.9. The fraction of sp³-hybridized carbons (Fsp3) is 0.238. The highest BCUT2D eigenvalue weighted by Gasteiger charge is 2.36. The number of carbonyl (C=O) groups excluding carboxylic acids is 4. The van der Waals surface area contributed by atoms with Crippen LogP contribution in [0.4, 0.5) is 15.8 Å². The monoisotopic (exact) mass is 414 g/mol.